The van der Waals surface area contributed by atoms with Gasteiger partial charge in [-0.05, 0) is 43.4 Å². The smallest absolute Gasteiger partial charge is 0.191 e. The number of aliphatic hydroxyl groups excluding tert-OH is 1. The van der Waals surface area contributed by atoms with Crippen LogP contribution in [0.4, 0.5) is 5.69 Å². The van der Waals surface area contributed by atoms with Gasteiger partial charge in [0.2, 0.25) is 0 Å². The predicted octanol–water partition coefficient (Wildman–Crippen LogP) is 3.22. The van der Waals surface area contributed by atoms with Crippen molar-refractivity contribution in [3.63, 3.8) is 0 Å². The molecule has 25 heavy (non-hydrogen) atoms. The largest absolute Gasteiger partial charge is 0.396 e. The maximum absolute atomic E-state index is 9.17. The molecule has 0 heterocycles. The number of hydrogen-bond donors (Lipinski definition) is 3. The van der Waals surface area contributed by atoms with Gasteiger partial charge in [0.1, 0.15) is 0 Å². The van der Waals surface area contributed by atoms with E-state index in [0.29, 0.717) is 12.5 Å². The summed E-state index contributed by atoms with van der Waals surface area (Å²) in [7, 11) is 4.08. The predicted molar refractivity (Wildman–Crippen MR) is 119 cm³/mol. The number of nitrogens with zero attached hydrogens (tertiary/aromatic N) is 2. The zero-order valence-corrected chi connectivity index (χ0v) is 18.4. The topological polar surface area (TPSA) is 59.9 Å². The molecule has 1 aromatic rings. The maximum Gasteiger partial charge on any atom is 0.191 e. The highest BCUT2D eigenvalue weighted by molar-refractivity contribution is 14.0. The van der Waals surface area contributed by atoms with Crippen LogP contribution in [0.5, 0.6) is 0 Å². The van der Waals surface area contributed by atoms with Crippen LogP contribution in [-0.4, -0.2) is 44.9 Å². The molecule has 0 radical (unpaired) electrons. The first kappa shape index (κ1) is 24.0. The van der Waals surface area contributed by atoms with E-state index in [9.17, 15) is 0 Å². The molecule has 0 aliphatic carbocycles. The van der Waals surface area contributed by atoms with Crippen LogP contribution in [-0.2, 0) is 6.54 Å². The molecule has 1 rings (SSSR count). The first-order valence-electron chi connectivity index (χ1n) is 9.00. The summed E-state index contributed by atoms with van der Waals surface area (Å²) >= 11 is 0. The second-order valence-corrected chi connectivity index (χ2v) is 6.30. The van der Waals surface area contributed by atoms with Gasteiger partial charge in [-0.1, -0.05) is 25.5 Å². The Balaban J connectivity index is 0.00000576. The lowest BCUT2D eigenvalue weighted by atomic mass is 10.0. The Morgan fingerprint density at radius 1 is 1.12 bits per heavy atom. The average molecular weight is 462 g/mol. The summed E-state index contributed by atoms with van der Waals surface area (Å²) in [5.41, 5.74) is 2.39. The standard InChI is InChI=1S/C19H34N4O.HI/c1-5-7-16(12-13-24)14-21-19(20-6-2)22-15-17-8-10-18(11-9-17)23(3)4;/h8-11,16,24H,5-7,12-15H2,1-4H3,(H2,20,21,22);1H. The number of hydrogen-bond acceptors (Lipinski definition) is 3. The molecular weight excluding hydrogens is 427 g/mol. The van der Waals surface area contributed by atoms with Crippen molar-refractivity contribution in [3.05, 3.63) is 29.8 Å². The minimum Gasteiger partial charge on any atom is -0.396 e. The van der Waals surface area contributed by atoms with Gasteiger partial charge in [-0.15, -0.1) is 24.0 Å². The van der Waals surface area contributed by atoms with Gasteiger partial charge in [0.05, 0.1) is 6.54 Å². The summed E-state index contributed by atoms with van der Waals surface area (Å²) < 4.78 is 0. The molecule has 1 unspecified atom stereocenters. The van der Waals surface area contributed by atoms with Crippen molar-refractivity contribution in [3.8, 4) is 0 Å². The van der Waals surface area contributed by atoms with Crippen LogP contribution in [0.3, 0.4) is 0 Å². The Morgan fingerprint density at radius 3 is 2.32 bits per heavy atom. The molecule has 0 aliphatic heterocycles. The first-order chi connectivity index (χ1) is 11.6. The molecule has 6 heteroatoms. The van der Waals surface area contributed by atoms with E-state index in [-0.39, 0.29) is 30.6 Å². The van der Waals surface area contributed by atoms with Crippen molar-refractivity contribution in [1.29, 1.82) is 0 Å². The first-order valence-corrected chi connectivity index (χ1v) is 9.00. The van der Waals surface area contributed by atoms with Crippen molar-refractivity contribution in [1.82, 2.24) is 10.6 Å². The third kappa shape index (κ3) is 9.89. The number of halogens is 1. The zero-order valence-electron chi connectivity index (χ0n) is 16.1. The van der Waals surface area contributed by atoms with Crippen LogP contribution in [0.15, 0.2) is 29.3 Å². The summed E-state index contributed by atoms with van der Waals surface area (Å²) in [5.74, 6) is 1.33. The molecule has 3 N–H and O–H groups in total. The highest BCUT2D eigenvalue weighted by atomic mass is 127. The second kappa shape index (κ2) is 14.2. The van der Waals surface area contributed by atoms with Crippen LogP contribution in [0.1, 0.15) is 38.7 Å². The zero-order chi connectivity index (χ0) is 17.8. The maximum atomic E-state index is 9.17. The van der Waals surface area contributed by atoms with E-state index >= 15 is 0 Å². The SMILES string of the molecule is CCCC(CCO)CNC(=NCc1ccc(N(C)C)cc1)NCC.I. The van der Waals surface area contributed by atoms with Crippen LogP contribution < -0.4 is 15.5 Å². The Morgan fingerprint density at radius 2 is 1.80 bits per heavy atom. The van der Waals surface area contributed by atoms with Crippen LogP contribution in [0.25, 0.3) is 0 Å². The summed E-state index contributed by atoms with van der Waals surface area (Å²) in [6.45, 7) is 6.84. The Kier molecular flexibility index (Phi) is 13.6. The van der Waals surface area contributed by atoms with E-state index < -0.39 is 0 Å². The minimum atomic E-state index is 0. The second-order valence-electron chi connectivity index (χ2n) is 6.30. The Labute approximate surface area is 170 Å². The highest BCUT2D eigenvalue weighted by Gasteiger charge is 2.08. The molecule has 1 aromatic carbocycles. The lowest BCUT2D eigenvalue weighted by Gasteiger charge is -2.18. The summed E-state index contributed by atoms with van der Waals surface area (Å²) in [6.07, 6.45) is 3.10. The van der Waals surface area contributed by atoms with E-state index in [2.05, 4.69) is 58.6 Å². The molecule has 0 aliphatic rings. The molecular formula is C19H35IN4O. The molecule has 5 nitrogen and oxygen atoms in total. The molecule has 0 amide bonds. The fourth-order valence-corrected chi connectivity index (χ4v) is 2.59. The van der Waals surface area contributed by atoms with Crippen LogP contribution in [0, 0.1) is 5.92 Å². The summed E-state index contributed by atoms with van der Waals surface area (Å²) in [5, 5.41) is 15.9. The normalized spacial score (nSPS) is 12.3. The van der Waals surface area contributed by atoms with Gasteiger partial charge in [-0.3, -0.25) is 0 Å². The molecule has 0 aromatic heterocycles. The lowest BCUT2D eigenvalue weighted by Crippen LogP contribution is -2.40. The van der Waals surface area contributed by atoms with E-state index in [0.717, 1.165) is 38.3 Å². The van der Waals surface area contributed by atoms with Gasteiger partial charge in [0.15, 0.2) is 5.96 Å². The van der Waals surface area contributed by atoms with Gasteiger partial charge in [0.25, 0.3) is 0 Å². The van der Waals surface area contributed by atoms with Crippen molar-refractivity contribution in [2.45, 2.75) is 39.7 Å². The van der Waals surface area contributed by atoms with Gasteiger partial charge in [-0.2, -0.15) is 0 Å². The molecule has 0 saturated heterocycles. The lowest BCUT2D eigenvalue weighted by molar-refractivity contribution is 0.251. The van der Waals surface area contributed by atoms with E-state index in [1.54, 1.807) is 0 Å². The fourth-order valence-electron chi connectivity index (χ4n) is 2.59. The number of nitrogens with one attached hydrogen (secondary N) is 2. The van der Waals surface area contributed by atoms with Crippen molar-refractivity contribution < 1.29 is 5.11 Å². The average Bonchev–Trinajstić information content (AvgIpc) is 2.58. The fraction of sp³-hybridized carbons (Fsp3) is 0.632. The van der Waals surface area contributed by atoms with E-state index in [1.165, 1.54) is 11.3 Å². The number of aliphatic hydroxyl groups is 1. The van der Waals surface area contributed by atoms with Crippen molar-refractivity contribution >= 4 is 35.6 Å². The number of anilines is 1. The van der Waals surface area contributed by atoms with Gasteiger partial charge in [0, 0.05) is 39.5 Å². The molecule has 0 bridgehead atoms. The van der Waals surface area contributed by atoms with Gasteiger partial charge >= 0.3 is 0 Å². The summed E-state index contributed by atoms with van der Waals surface area (Å²) in [4.78, 5) is 6.76. The Hall–Kier alpha value is -1.02. The number of benzene rings is 1. The molecule has 0 spiro atoms. The molecule has 0 saturated carbocycles. The van der Waals surface area contributed by atoms with Crippen molar-refractivity contribution in [2.75, 3.05) is 38.7 Å². The monoisotopic (exact) mass is 462 g/mol. The summed E-state index contributed by atoms with van der Waals surface area (Å²) in [6, 6.07) is 8.47. The van der Waals surface area contributed by atoms with Gasteiger partial charge < -0.3 is 20.6 Å². The number of rotatable bonds is 10. The van der Waals surface area contributed by atoms with Gasteiger partial charge in [-0.25, -0.2) is 4.99 Å². The van der Waals surface area contributed by atoms with E-state index in [4.69, 9.17) is 5.11 Å². The third-order valence-corrected chi connectivity index (χ3v) is 4.01. The van der Waals surface area contributed by atoms with Crippen LogP contribution >= 0.6 is 24.0 Å². The molecule has 1 atom stereocenters. The molecule has 0 fully saturated rings. The van der Waals surface area contributed by atoms with E-state index in [1.807, 2.05) is 14.1 Å². The highest BCUT2D eigenvalue weighted by Crippen LogP contribution is 2.13. The Bertz CT molecular complexity index is 471. The molecule has 144 valence electrons. The third-order valence-electron chi connectivity index (χ3n) is 4.01. The minimum absolute atomic E-state index is 0. The van der Waals surface area contributed by atoms with Crippen LogP contribution in [0.2, 0.25) is 0 Å². The number of guanidine groups is 1. The van der Waals surface area contributed by atoms with Crippen molar-refractivity contribution in [2.24, 2.45) is 10.9 Å². The number of aliphatic imine (C=N–C) groups is 1. The quantitative estimate of drug-likeness (QED) is 0.284.